The third-order valence-corrected chi connectivity index (χ3v) is 5.63. The molecule has 0 aliphatic heterocycles. The van der Waals surface area contributed by atoms with Gasteiger partial charge in [-0.05, 0) is 72.6 Å². The number of benzene rings is 3. The number of nitrogens with zero attached hydrogens (tertiary/aromatic N) is 1. The van der Waals surface area contributed by atoms with Gasteiger partial charge in [0.15, 0.2) is 11.5 Å². The quantitative estimate of drug-likeness (QED) is 0.100. The summed E-state index contributed by atoms with van der Waals surface area (Å²) in [5.41, 5.74) is 3.51. The van der Waals surface area contributed by atoms with Crippen LogP contribution in [0.1, 0.15) is 28.8 Å². The molecule has 3 aromatic rings. The molecule has 1 N–H and O–H groups in total. The van der Waals surface area contributed by atoms with Crippen molar-refractivity contribution in [3.8, 4) is 17.2 Å². The van der Waals surface area contributed by atoms with Gasteiger partial charge < -0.3 is 14.2 Å². The fourth-order valence-electron chi connectivity index (χ4n) is 2.84. The van der Waals surface area contributed by atoms with Crippen LogP contribution in [-0.2, 0) is 4.79 Å². The summed E-state index contributed by atoms with van der Waals surface area (Å²) in [7, 11) is 1.47. The van der Waals surface area contributed by atoms with E-state index in [1.165, 1.54) is 13.3 Å². The first-order chi connectivity index (χ1) is 16.9. The summed E-state index contributed by atoms with van der Waals surface area (Å²) >= 11 is 15.2. The molecule has 0 aromatic heterocycles. The van der Waals surface area contributed by atoms with Crippen LogP contribution in [0.25, 0.3) is 0 Å². The second-order valence-electron chi connectivity index (χ2n) is 7.13. The Morgan fingerprint density at radius 3 is 2.46 bits per heavy atom. The molecule has 7 nitrogen and oxygen atoms in total. The van der Waals surface area contributed by atoms with Crippen molar-refractivity contribution < 1.29 is 23.8 Å². The molecule has 0 aliphatic rings. The van der Waals surface area contributed by atoms with Gasteiger partial charge in [-0.15, -0.1) is 0 Å². The van der Waals surface area contributed by atoms with Gasteiger partial charge in [0, 0.05) is 15.9 Å². The van der Waals surface area contributed by atoms with E-state index in [0.29, 0.717) is 45.7 Å². The molecule has 35 heavy (non-hydrogen) atoms. The summed E-state index contributed by atoms with van der Waals surface area (Å²) < 4.78 is 17.2. The minimum atomic E-state index is -0.508. The van der Waals surface area contributed by atoms with Crippen LogP contribution in [-0.4, -0.2) is 31.8 Å². The molecule has 10 heteroatoms. The van der Waals surface area contributed by atoms with Crippen LogP contribution in [0, 0.1) is 0 Å². The summed E-state index contributed by atoms with van der Waals surface area (Å²) in [5.74, 6) is 0.353. The predicted octanol–water partition coefficient (Wildman–Crippen LogP) is 6.29. The van der Waals surface area contributed by atoms with Crippen LogP contribution in [0.4, 0.5) is 0 Å². The van der Waals surface area contributed by atoms with Crippen molar-refractivity contribution in [1.82, 2.24) is 5.43 Å². The number of methoxy groups -OCH3 is 1. The monoisotopic (exact) mass is 578 g/mol. The van der Waals surface area contributed by atoms with E-state index in [1.54, 1.807) is 60.7 Å². The largest absolute Gasteiger partial charge is 0.493 e. The second kappa shape index (κ2) is 13.1. The predicted molar refractivity (Wildman–Crippen MR) is 139 cm³/mol. The van der Waals surface area contributed by atoms with Crippen LogP contribution >= 0.6 is 39.1 Å². The van der Waals surface area contributed by atoms with E-state index in [9.17, 15) is 9.59 Å². The van der Waals surface area contributed by atoms with Crippen LogP contribution in [0.3, 0.4) is 0 Å². The average molecular weight is 580 g/mol. The van der Waals surface area contributed by atoms with Gasteiger partial charge in [-0.25, -0.2) is 10.2 Å². The highest BCUT2D eigenvalue weighted by Gasteiger charge is 2.13. The molecule has 0 saturated heterocycles. The maximum Gasteiger partial charge on any atom is 0.343 e. The van der Waals surface area contributed by atoms with E-state index in [-0.39, 0.29) is 18.1 Å². The number of hydrazone groups is 1. The third-order valence-electron chi connectivity index (χ3n) is 4.57. The normalized spacial score (nSPS) is 10.7. The van der Waals surface area contributed by atoms with Crippen molar-refractivity contribution in [2.45, 2.75) is 12.8 Å². The third kappa shape index (κ3) is 8.28. The van der Waals surface area contributed by atoms with Crippen LogP contribution in [0.5, 0.6) is 17.2 Å². The SMILES string of the molecule is COc1cc(C=NNC(=O)CCCOc2ccc(Cl)cc2Cl)ccc1OC(=O)c1ccc(Br)cc1. The fraction of sp³-hybridized carbons (Fsp3) is 0.160. The number of hydrogen-bond acceptors (Lipinski definition) is 6. The zero-order valence-corrected chi connectivity index (χ0v) is 21.7. The standard InChI is InChI=1S/C25H21BrCl2N2O5/c1-33-23-13-16(4-10-22(23)35-25(32)17-5-7-18(26)8-6-17)15-29-30-24(31)3-2-12-34-21-11-9-19(27)14-20(21)28/h4-11,13-15H,2-3,12H2,1H3,(H,30,31). The lowest BCUT2D eigenvalue weighted by Gasteiger charge is -2.10. The molecule has 0 atom stereocenters. The molecule has 0 saturated carbocycles. The van der Waals surface area contributed by atoms with Gasteiger partial charge in [-0.1, -0.05) is 39.1 Å². The van der Waals surface area contributed by atoms with Crippen molar-refractivity contribution in [2.24, 2.45) is 5.10 Å². The van der Waals surface area contributed by atoms with Gasteiger partial charge in [0.1, 0.15) is 5.75 Å². The van der Waals surface area contributed by atoms with E-state index in [4.69, 9.17) is 37.4 Å². The van der Waals surface area contributed by atoms with E-state index < -0.39 is 5.97 Å². The summed E-state index contributed by atoms with van der Waals surface area (Å²) in [6.45, 7) is 0.316. The number of amides is 1. The van der Waals surface area contributed by atoms with E-state index in [1.807, 2.05) is 0 Å². The number of carbonyl (C=O) groups is 2. The number of carbonyl (C=O) groups excluding carboxylic acids is 2. The van der Waals surface area contributed by atoms with Crippen molar-refractivity contribution in [2.75, 3.05) is 13.7 Å². The van der Waals surface area contributed by atoms with Crippen LogP contribution in [0.15, 0.2) is 70.2 Å². The van der Waals surface area contributed by atoms with Crippen LogP contribution < -0.4 is 19.6 Å². The topological polar surface area (TPSA) is 86.2 Å². The van der Waals surface area contributed by atoms with E-state index in [0.717, 1.165) is 4.47 Å². The van der Waals surface area contributed by atoms with E-state index >= 15 is 0 Å². The number of nitrogens with one attached hydrogen (secondary N) is 1. The first-order valence-corrected chi connectivity index (χ1v) is 12.0. The second-order valence-corrected chi connectivity index (χ2v) is 8.89. The molecular weight excluding hydrogens is 559 g/mol. The maximum atomic E-state index is 12.4. The fourth-order valence-corrected chi connectivity index (χ4v) is 3.56. The minimum Gasteiger partial charge on any atom is -0.493 e. The van der Waals surface area contributed by atoms with Gasteiger partial charge in [0.25, 0.3) is 0 Å². The molecule has 0 fully saturated rings. The Balaban J connectivity index is 1.47. The lowest BCUT2D eigenvalue weighted by atomic mass is 10.2. The Bertz CT molecular complexity index is 1220. The number of halogens is 3. The number of rotatable bonds is 10. The highest BCUT2D eigenvalue weighted by atomic mass is 79.9. The summed E-state index contributed by atoms with van der Waals surface area (Å²) in [6.07, 6.45) is 2.16. The summed E-state index contributed by atoms with van der Waals surface area (Å²) in [4.78, 5) is 24.4. The Morgan fingerprint density at radius 2 is 1.74 bits per heavy atom. The van der Waals surface area contributed by atoms with E-state index in [2.05, 4.69) is 26.5 Å². The minimum absolute atomic E-state index is 0.219. The number of esters is 1. The Hall–Kier alpha value is -3.07. The number of ether oxygens (including phenoxy) is 3. The number of hydrogen-bond donors (Lipinski definition) is 1. The molecule has 182 valence electrons. The van der Waals surface area contributed by atoms with Gasteiger partial charge in [0.05, 0.1) is 30.5 Å². The lowest BCUT2D eigenvalue weighted by molar-refractivity contribution is -0.121. The molecule has 3 aromatic carbocycles. The first-order valence-electron chi connectivity index (χ1n) is 10.4. The lowest BCUT2D eigenvalue weighted by Crippen LogP contribution is -2.18. The molecule has 1 amide bonds. The van der Waals surface area contributed by atoms with Crippen LogP contribution in [0.2, 0.25) is 10.0 Å². The Kier molecular flexibility index (Phi) is 9.96. The molecule has 0 aliphatic carbocycles. The van der Waals surface area contributed by atoms with Gasteiger partial charge in [-0.2, -0.15) is 5.10 Å². The zero-order valence-electron chi connectivity index (χ0n) is 18.6. The molecule has 0 bridgehead atoms. The first kappa shape index (κ1) is 26.5. The van der Waals surface area contributed by atoms with Gasteiger partial charge >= 0.3 is 5.97 Å². The Labute approximate surface area is 221 Å². The molecular formula is C25H21BrCl2N2O5. The smallest absolute Gasteiger partial charge is 0.343 e. The van der Waals surface area contributed by atoms with Gasteiger partial charge in [-0.3, -0.25) is 4.79 Å². The highest BCUT2D eigenvalue weighted by Crippen LogP contribution is 2.29. The van der Waals surface area contributed by atoms with Crippen molar-refractivity contribution >= 4 is 57.2 Å². The average Bonchev–Trinajstić information content (AvgIpc) is 2.84. The summed E-state index contributed by atoms with van der Waals surface area (Å²) in [6, 6.07) is 16.7. The van der Waals surface area contributed by atoms with Gasteiger partial charge in [0.2, 0.25) is 5.91 Å². The molecule has 0 heterocycles. The van der Waals surface area contributed by atoms with Crippen molar-refractivity contribution in [1.29, 1.82) is 0 Å². The summed E-state index contributed by atoms with van der Waals surface area (Å²) in [5, 5.41) is 4.89. The Morgan fingerprint density at radius 1 is 1.00 bits per heavy atom. The highest BCUT2D eigenvalue weighted by molar-refractivity contribution is 9.10. The van der Waals surface area contributed by atoms with Crippen molar-refractivity contribution in [3.63, 3.8) is 0 Å². The van der Waals surface area contributed by atoms with Crippen molar-refractivity contribution in [3.05, 3.63) is 86.3 Å². The maximum absolute atomic E-state index is 12.4. The zero-order chi connectivity index (χ0) is 25.2. The molecule has 0 radical (unpaired) electrons. The molecule has 0 spiro atoms. The molecule has 0 unspecified atom stereocenters. The molecule has 3 rings (SSSR count).